The quantitative estimate of drug-likeness (QED) is 0.234. The number of carbonyl (C=O) groups excluding carboxylic acids is 2. The number of amides is 2. The van der Waals surface area contributed by atoms with Crippen LogP contribution >= 0.6 is 0 Å². The lowest BCUT2D eigenvalue weighted by Gasteiger charge is -2.32. The van der Waals surface area contributed by atoms with Crippen molar-refractivity contribution >= 4 is 23.6 Å². The molecule has 0 atom stereocenters. The van der Waals surface area contributed by atoms with Crippen LogP contribution in [0.25, 0.3) is 0 Å². The van der Waals surface area contributed by atoms with Crippen LogP contribution < -0.4 is 15.4 Å². The van der Waals surface area contributed by atoms with Crippen LogP contribution in [0.2, 0.25) is 0 Å². The van der Waals surface area contributed by atoms with E-state index < -0.39 is 77.3 Å². The van der Waals surface area contributed by atoms with E-state index >= 15 is 0 Å². The van der Waals surface area contributed by atoms with Crippen molar-refractivity contribution in [3.63, 3.8) is 0 Å². The Balaban J connectivity index is 3.47. The Morgan fingerprint density at radius 2 is 1.11 bits per heavy atom. The Hall–Kier alpha value is -3.47. The van der Waals surface area contributed by atoms with Gasteiger partial charge in [0, 0.05) is 23.5 Å². The first-order valence-electron chi connectivity index (χ1n) is 10.1. The molecule has 1 aromatic carbocycles. The van der Waals surface area contributed by atoms with Gasteiger partial charge in [0.15, 0.2) is 0 Å². The molecule has 0 radical (unpaired) electrons. The van der Waals surface area contributed by atoms with Crippen LogP contribution in [0.4, 0.5) is 69.3 Å². The zero-order valence-corrected chi connectivity index (χ0v) is 19.6. The molecule has 2 amide bonds. The Kier molecular flexibility index (Phi) is 9.86. The van der Waals surface area contributed by atoms with E-state index in [9.17, 15) is 57.9 Å². The molecule has 0 spiro atoms. The van der Waals surface area contributed by atoms with Gasteiger partial charge in [-0.2, -0.15) is 48.3 Å². The van der Waals surface area contributed by atoms with Gasteiger partial charge in [0.05, 0.1) is 12.2 Å². The number of anilines is 2. The lowest BCUT2D eigenvalue weighted by Crippen LogP contribution is -2.61. The van der Waals surface area contributed by atoms with Crippen molar-refractivity contribution in [2.45, 2.75) is 63.8 Å². The molecule has 1 aromatic rings. The second-order valence-electron chi connectivity index (χ2n) is 7.81. The lowest BCUT2D eigenvalue weighted by atomic mass is 10.0. The molecule has 0 bridgehead atoms. The molecule has 1 rings (SSSR count). The molecule has 0 fully saturated rings. The van der Waals surface area contributed by atoms with Crippen molar-refractivity contribution in [3.05, 3.63) is 30.0 Å². The monoisotopic (exact) mass is 576 g/mol. The standard InChI is InChI=1S/C20H19F11N2O5/c1-8(2)36-15(34)32-10-5-11(33-16(35)37-9(3)4)7-12(6-10)38-14(22)13(21)17(23,24)18(25,26)19(27,28)20(29,30)31/h5-9H,1-4H3,(H,32,34)(H,33,35). The number of hydrogen-bond donors (Lipinski definition) is 2. The molecule has 2 N–H and O–H groups in total. The van der Waals surface area contributed by atoms with Gasteiger partial charge < -0.3 is 14.2 Å². The highest BCUT2D eigenvalue weighted by Crippen LogP contribution is 2.55. The predicted octanol–water partition coefficient (Wildman–Crippen LogP) is 7.56. The van der Waals surface area contributed by atoms with E-state index in [2.05, 4.69) is 4.74 Å². The summed E-state index contributed by atoms with van der Waals surface area (Å²) in [5, 5.41) is 4.01. The van der Waals surface area contributed by atoms with Crippen LogP contribution in [0.15, 0.2) is 30.0 Å². The molecule has 0 saturated heterocycles. The van der Waals surface area contributed by atoms with E-state index in [1.54, 1.807) is 0 Å². The molecule has 0 heterocycles. The Morgan fingerprint density at radius 3 is 1.45 bits per heavy atom. The van der Waals surface area contributed by atoms with Crippen molar-refractivity contribution in [2.75, 3.05) is 10.6 Å². The summed E-state index contributed by atoms with van der Waals surface area (Å²) in [5.74, 6) is -27.3. The summed E-state index contributed by atoms with van der Waals surface area (Å²) in [6.45, 7) is 5.70. The van der Waals surface area contributed by atoms with E-state index in [0.29, 0.717) is 12.1 Å². The third-order valence-corrected chi connectivity index (χ3v) is 3.89. The second-order valence-corrected chi connectivity index (χ2v) is 7.81. The Labute approximate surface area is 206 Å². The number of alkyl halides is 9. The number of carbonyl (C=O) groups is 2. The summed E-state index contributed by atoms with van der Waals surface area (Å²) in [6, 6.07) is -1.35. The van der Waals surface area contributed by atoms with Crippen molar-refractivity contribution in [1.29, 1.82) is 0 Å². The number of ether oxygens (including phenoxy) is 3. The molecular formula is C20H19F11N2O5. The highest BCUT2D eigenvalue weighted by atomic mass is 19.4. The van der Waals surface area contributed by atoms with Crippen LogP contribution in [0.5, 0.6) is 5.75 Å². The SMILES string of the molecule is CC(C)OC(=O)Nc1cc(NC(=O)OC(C)C)cc(OC(F)=C(F)C(F)(F)C(F)(F)C(F)(F)C(F)(F)F)c1. The highest BCUT2D eigenvalue weighted by molar-refractivity contribution is 5.89. The first-order chi connectivity index (χ1) is 17.0. The van der Waals surface area contributed by atoms with Gasteiger partial charge in [-0.3, -0.25) is 10.6 Å². The molecule has 18 heteroatoms. The fourth-order valence-corrected chi connectivity index (χ4v) is 2.31. The van der Waals surface area contributed by atoms with E-state index in [-0.39, 0.29) is 0 Å². The Morgan fingerprint density at radius 1 is 0.711 bits per heavy atom. The molecule has 38 heavy (non-hydrogen) atoms. The maximum atomic E-state index is 14.0. The minimum absolute atomic E-state index is 0.470. The number of hydrogen-bond acceptors (Lipinski definition) is 5. The second kappa shape index (κ2) is 11.5. The molecule has 0 saturated carbocycles. The molecule has 0 aliphatic rings. The van der Waals surface area contributed by atoms with Crippen molar-refractivity contribution in [3.8, 4) is 5.75 Å². The smallest absolute Gasteiger partial charge is 0.447 e. The maximum absolute atomic E-state index is 14.0. The van der Waals surface area contributed by atoms with Crippen LogP contribution in [0.1, 0.15) is 27.7 Å². The van der Waals surface area contributed by atoms with E-state index in [1.165, 1.54) is 27.7 Å². The number of halogens is 11. The molecule has 0 unspecified atom stereocenters. The first kappa shape index (κ1) is 32.6. The average molecular weight is 576 g/mol. The first-order valence-corrected chi connectivity index (χ1v) is 10.1. The molecule has 216 valence electrons. The summed E-state index contributed by atoms with van der Waals surface area (Å²) in [4.78, 5) is 23.6. The minimum atomic E-state index is -7.50. The predicted molar refractivity (Wildman–Crippen MR) is 108 cm³/mol. The summed E-state index contributed by atoms with van der Waals surface area (Å²) in [5.41, 5.74) is -0.941. The van der Waals surface area contributed by atoms with Gasteiger partial charge in [-0.25, -0.2) is 9.59 Å². The molecule has 0 aromatic heterocycles. The molecule has 7 nitrogen and oxygen atoms in total. The summed E-state index contributed by atoms with van der Waals surface area (Å²) >= 11 is 0. The number of nitrogens with one attached hydrogen (secondary N) is 2. The Bertz CT molecular complexity index is 1010. The van der Waals surface area contributed by atoms with E-state index in [1.807, 2.05) is 10.6 Å². The summed E-state index contributed by atoms with van der Waals surface area (Å²) in [7, 11) is 0. The zero-order chi connectivity index (χ0) is 29.9. The van der Waals surface area contributed by atoms with Crippen LogP contribution in [0, 0.1) is 0 Å². The van der Waals surface area contributed by atoms with Gasteiger partial charge in [0.25, 0.3) is 0 Å². The van der Waals surface area contributed by atoms with Gasteiger partial charge >= 0.3 is 42.1 Å². The topological polar surface area (TPSA) is 85.9 Å². The lowest BCUT2D eigenvalue weighted by molar-refractivity contribution is -0.392. The van der Waals surface area contributed by atoms with E-state index in [0.717, 1.165) is 6.07 Å². The largest absolute Gasteiger partial charge is 0.460 e. The van der Waals surface area contributed by atoms with E-state index in [4.69, 9.17) is 9.47 Å². The van der Waals surface area contributed by atoms with Crippen molar-refractivity contribution in [1.82, 2.24) is 0 Å². The highest BCUT2D eigenvalue weighted by Gasteiger charge is 2.83. The fraction of sp³-hybridized carbons (Fsp3) is 0.500. The summed E-state index contributed by atoms with van der Waals surface area (Å²) in [6.07, 6.45) is -11.0. The minimum Gasteiger partial charge on any atom is -0.447 e. The number of allylic oxidation sites excluding steroid dienone is 1. The van der Waals surface area contributed by atoms with Crippen LogP contribution in [-0.4, -0.2) is 48.3 Å². The average Bonchev–Trinajstić information content (AvgIpc) is 2.70. The normalized spacial score (nSPS) is 13.7. The van der Waals surface area contributed by atoms with Crippen LogP contribution in [0.3, 0.4) is 0 Å². The third kappa shape index (κ3) is 7.53. The number of benzene rings is 1. The number of rotatable bonds is 9. The maximum Gasteiger partial charge on any atom is 0.460 e. The summed E-state index contributed by atoms with van der Waals surface area (Å²) < 4.78 is 158. The van der Waals surface area contributed by atoms with Gasteiger partial charge in [-0.05, 0) is 33.8 Å². The van der Waals surface area contributed by atoms with Gasteiger partial charge in [0.1, 0.15) is 5.75 Å². The zero-order valence-electron chi connectivity index (χ0n) is 19.6. The van der Waals surface area contributed by atoms with Crippen LogP contribution in [-0.2, 0) is 9.47 Å². The fourth-order valence-electron chi connectivity index (χ4n) is 2.31. The van der Waals surface area contributed by atoms with Crippen molar-refractivity contribution in [2.24, 2.45) is 0 Å². The molecular weight excluding hydrogens is 557 g/mol. The third-order valence-electron chi connectivity index (χ3n) is 3.89. The molecule has 0 aliphatic carbocycles. The van der Waals surface area contributed by atoms with Crippen molar-refractivity contribution < 1.29 is 72.1 Å². The molecule has 0 aliphatic heterocycles. The van der Waals surface area contributed by atoms with Gasteiger partial charge in [-0.1, -0.05) is 0 Å². The van der Waals surface area contributed by atoms with Gasteiger partial charge in [-0.15, -0.1) is 0 Å². The van der Waals surface area contributed by atoms with Gasteiger partial charge in [0.2, 0.25) is 5.83 Å².